The monoisotopic (exact) mass is 299 g/mol. The number of fused-ring (bicyclic) bond motifs is 1. The van der Waals surface area contributed by atoms with Crippen molar-refractivity contribution in [2.45, 2.75) is 18.9 Å². The van der Waals surface area contributed by atoms with Gasteiger partial charge in [0.05, 0.1) is 6.42 Å². The average molecular weight is 299 g/mol. The van der Waals surface area contributed by atoms with Crippen LogP contribution in [0.1, 0.15) is 11.1 Å². The fraction of sp³-hybridized carbons (Fsp3) is 0.176. The van der Waals surface area contributed by atoms with Crippen molar-refractivity contribution in [2.75, 3.05) is 4.90 Å². The van der Waals surface area contributed by atoms with Crippen LogP contribution >= 0.6 is 0 Å². The molecule has 1 aliphatic heterocycles. The summed E-state index contributed by atoms with van der Waals surface area (Å²) >= 11 is 0. The van der Waals surface area contributed by atoms with Gasteiger partial charge in [0.2, 0.25) is 5.91 Å². The predicted molar refractivity (Wildman–Crippen MR) is 79.2 cm³/mol. The van der Waals surface area contributed by atoms with E-state index in [1.807, 2.05) is 12.1 Å². The third-order valence-corrected chi connectivity index (χ3v) is 3.80. The van der Waals surface area contributed by atoms with Crippen LogP contribution < -0.4 is 4.90 Å². The Kier molecular flexibility index (Phi) is 3.63. The first-order valence-electron chi connectivity index (χ1n) is 6.93. The van der Waals surface area contributed by atoms with Crippen LogP contribution in [0.3, 0.4) is 0 Å². The Labute approximate surface area is 126 Å². The van der Waals surface area contributed by atoms with Crippen molar-refractivity contribution in [1.29, 1.82) is 0 Å². The predicted octanol–water partition coefficient (Wildman–Crippen LogP) is 2.41. The zero-order chi connectivity index (χ0) is 15.7. The van der Waals surface area contributed by atoms with Crippen molar-refractivity contribution in [3.8, 4) is 0 Å². The molecule has 0 fully saturated rings. The van der Waals surface area contributed by atoms with Crippen LogP contribution in [0.15, 0.2) is 48.5 Å². The van der Waals surface area contributed by atoms with Crippen LogP contribution in [0.5, 0.6) is 0 Å². The van der Waals surface area contributed by atoms with Gasteiger partial charge in [0.15, 0.2) is 0 Å². The topological polar surface area (TPSA) is 57.6 Å². The highest BCUT2D eigenvalue weighted by Gasteiger charge is 2.37. The minimum absolute atomic E-state index is 0.0401. The molecule has 0 spiro atoms. The number of hydrogen-bond acceptors (Lipinski definition) is 2. The first-order chi connectivity index (χ1) is 10.6. The first kappa shape index (κ1) is 14.3. The summed E-state index contributed by atoms with van der Waals surface area (Å²) in [5, 5.41) is 9.36. The number of carbonyl (C=O) groups excluding carboxylic acids is 1. The van der Waals surface area contributed by atoms with Gasteiger partial charge in [-0.25, -0.2) is 9.18 Å². The highest BCUT2D eigenvalue weighted by Crippen LogP contribution is 2.32. The van der Waals surface area contributed by atoms with Crippen molar-refractivity contribution in [3.63, 3.8) is 0 Å². The number of halogens is 1. The van der Waals surface area contributed by atoms with E-state index in [9.17, 15) is 19.1 Å². The van der Waals surface area contributed by atoms with Gasteiger partial charge in [-0.2, -0.15) is 0 Å². The van der Waals surface area contributed by atoms with E-state index in [0.717, 1.165) is 5.56 Å². The Morgan fingerprint density at radius 3 is 2.50 bits per heavy atom. The Bertz CT molecular complexity index is 727. The highest BCUT2D eigenvalue weighted by atomic mass is 19.1. The molecule has 22 heavy (non-hydrogen) atoms. The van der Waals surface area contributed by atoms with E-state index in [1.165, 1.54) is 29.2 Å². The number of carbonyl (C=O) groups is 2. The van der Waals surface area contributed by atoms with Gasteiger partial charge in [0.25, 0.3) is 0 Å². The molecule has 112 valence electrons. The number of para-hydroxylation sites is 1. The Hall–Kier alpha value is -2.69. The highest BCUT2D eigenvalue weighted by molar-refractivity contribution is 6.02. The number of carboxylic acids is 1. The lowest BCUT2D eigenvalue weighted by molar-refractivity contribution is -0.139. The zero-order valence-corrected chi connectivity index (χ0v) is 11.7. The smallest absolute Gasteiger partial charge is 0.327 e. The van der Waals surface area contributed by atoms with E-state index in [4.69, 9.17) is 0 Å². The number of carboxylic acid groups (broad SMARTS) is 1. The molecule has 0 radical (unpaired) electrons. The minimum Gasteiger partial charge on any atom is -0.480 e. The summed E-state index contributed by atoms with van der Waals surface area (Å²) < 4.78 is 12.9. The van der Waals surface area contributed by atoms with Gasteiger partial charge in [-0.15, -0.1) is 0 Å². The van der Waals surface area contributed by atoms with Crippen molar-refractivity contribution < 1.29 is 19.1 Å². The van der Waals surface area contributed by atoms with Crippen molar-refractivity contribution in [1.82, 2.24) is 0 Å². The van der Waals surface area contributed by atoms with Crippen molar-refractivity contribution in [3.05, 3.63) is 65.5 Å². The number of hydrogen-bond donors (Lipinski definition) is 1. The molecule has 2 aromatic carbocycles. The molecule has 1 N–H and O–H groups in total. The summed E-state index contributed by atoms with van der Waals surface area (Å²) in [6, 6.07) is 11.9. The van der Waals surface area contributed by atoms with Crippen LogP contribution in [-0.4, -0.2) is 23.0 Å². The summed E-state index contributed by atoms with van der Waals surface area (Å²) in [6.45, 7) is 0. The quantitative estimate of drug-likeness (QED) is 0.947. The lowest BCUT2D eigenvalue weighted by atomic mass is 10.1. The van der Waals surface area contributed by atoms with Gasteiger partial charge in [-0.05, 0) is 29.3 Å². The number of amides is 1. The Morgan fingerprint density at radius 2 is 1.82 bits per heavy atom. The second kappa shape index (κ2) is 5.60. The summed E-state index contributed by atoms with van der Waals surface area (Å²) in [5.41, 5.74) is 2.14. The molecule has 0 bridgehead atoms. The van der Waals surface area contributed by atoms with Crippen LogP contribution in [0.25, 0.3) is 0 Å². The summed E-state index contributed by atoms with van der Waals surface area (Å²) in [7, 11) is 0. The fourth-order valence-corrected chi connectivity index (χ4v) is 2.75. The molecule has 1 amide bonds. The van der Waals surface area contributed by atoms with E-state index in [0.29, 0.717) is 17.7 Å². The fourth-order valence-electron chi connectivity index (χ4n) is 2.75. The average Bonchev–Trinajstić information content (AvgIpc) is 2.89. The maximum Gasteiger partial charge on any atom is 0.327 e. The molecule has 3 rings (SSSR count). The van der Waals surface area contributed by atoms with Crippen LogP contribution in [0, 0.1) is 5.82 Å². The second-order valence-corrected chi connectivity index (χ2v) is 5.25. The van der Waals surface area contributed by atoms with Crippen molar-refractivity contribution >= 4 is 17.6 Å². The van der Waals surface area contributed by atoms with E-state index >= 15 is 0 Å². The molecule has 4 nitrogen and oxygen atoms in total. The van der Waals surface area contributed by atoms with Crippen LogP contribution in [-0.2, 0) is 22.4 Å². The zero-order valence-electron chi connectivity index (χ0n) is 11.7. The maximum atomic E-state index is 12.9. The SMILES string of the molecule is O=C(O)C1Cc2ccccc2N1C(=O)Cc1ccc(F)cc1. The first-order valence-corrected chi connectivity index (χ1v) is 6.93. The molecule has 0 saturated heterocycles. The van der Waals surface area contributed by atoms with E-state index < -0.39 is 12.0 Å². The summed E-state index contributed by atoms with van der Waals surface area (Å²) in [4.78, 5) is 25.3. The molecule has 1 unspecified atom stereocenters. The molecule has 0 saturated carbocycles. The molecule has 1 aliphatic rings. The van der Waals surface area contributed by atoms with E-state index in [-0.39, 0.29) is 18.1 Å². The number of anilines is 1. The molecule has 5 heteroatoms. The second-order valence-electron chi connectivity index (χ2n) is 5.25. The minimum atomic E-state index is -1.02. The molecule has 0 aliphatic carbocycles. The standard InChI is InChI=1S/C17H14FNO3/c18-13-7-5-11(6-8-13)9-16(20)19-14-4-2-1-3-12(14)10-15(19)17(21)22/h1-8,15H,9-10H2,(H,21,22). The van der Waals surface area contributed by atoms with Crippen LogP contribution in [0.4, 0.5) is 10.1 Å². The lowest BCUT2D eigenvalue weighted by Crippen LogP contribution is -2.43. The van der Waals surface area contributed by atoms with E-state index in [2.05, 4.69) is 0 Å². The number of nitrogens with zero attached hydrogens (tertiary/aromatic N) is 1. The number of rotatable bonds is 3. The third kappa shape index (κ3) is 2.57. The van der Waals surface area contributed by atoms with Crippen molar-refractivity contribution in [2.24, 2.45) is 0 Å². The molecule has 1 atom stereocenters. The summed E-state index contributed by atoms with van der Waals surface area (Å²) in [5.74, 6) is -1.70. The third-order valence-electron chi connectivity index (χ3n) is 3.80. The lowest BCUT2D eigenvalue weighted by Gasteiger charge is -2.22. The van der Waals surface area contributed by atoms with Gasteiger partial charge < -0.3 is 5.11 Å². The van der Waals surface area contributed by atoms with Crippen LogP contribution in [0.2, 0.25) is 0 Å². The Morgan fingerprint density at radius 1 is 1.14 bits per heavy atom. The normalized spacial score (nSPS) is 16.4. The van der Waals surface area contributed by atoms with Gasteiger partial charge >= 0.3 is 5.97 Å². The number of aliphatic carboxylic acids is 1. The molecular weight excluding hydrogens is 285 g/mol. The molecule has 0 aromatic heterocycles. The number of benzene rings is 2. The maximum absolute atomic E-state index is 12.9. The van der Waals surface area contributed by atoms with Gasteiger partial charge in [0.1, 0.15) is 11.9 Å². The van der Waals surface area contributed by atoms with E-state index in [1.54, 1.807) is 12.1 Å². The van der Waals surface area contributed by atoms with Gasteiger partial charge in [0, 0.05) is 12.1 Å². The molecule has 2 aromatic rings. The molecule has 1 heterocycles. The van der Waals surface area contributed by atoms with Gasteiger partial charge in [-0.3, -0.25) is 9.69 Å². The summed E-state index contributed by atoms with van der Waals surface area (Å²) in [6.07, 6.45) is 0.346. The van der Waals surface area contributed by atoms with Gasteiger partial charge in [-0.1, -0.05) is 30.3 Å². The largest absolute Gasteiger partial charge is 0.480 e. The Balaban J connectivity index is 1.88. The molecular formula is C17H14FNO3.